The molecule has 2 aromatic heterocycles. The third-order valence-electron chi connectivity index (χ3n) is 2.97. The van der Waals surface area contributed by atoms with Gasteiger partial charge in [0, 0.05) is 18.0 Å². The van der Waals surface area contributed by atoms with E-state index in [0.717, 1.165) is 11.1 Å². The molecule has 1 aliphatic heterocycles. The summed E-state index contributed by atoms with van der Waals surface area (Å²) in [4.78, 5) is 8.30. The van der Waals surface area contributed by atoms with Gasteiger partial charge in [-0.1, -0.05) is 6.07 Å². The number of ether oxygens (including phenoxy) is 1. The summed E-state index contributed by atoms with van der Waals surface area (Å²) < 4.78 is 5.61. The van der Waals surface area contributed by atoms with Crippen molar-refractivity contribution in [3.8, 4) is 5.75 Å². The highest BCUT2D eigenvalue weighted by molar-refractivity contribution is 5.48. The SMILES string of the molecule is Cc1ncc2c(c1O)C(Nc1ccccn1)OC2. The normalized spacial score (nSPS) is 17.5. The molecule has 1 aliphatic rings. The van der Waals surface area contributed by atoms with Gasteiger partial charge < -0.3 is 15.2 Å². The fourth-order valence-corrected chi connectivity index (χ4v) is 2.01. The predicted octanol–water partition coefficient (Wildman–Crippen LogP) is 2.13. The molecule has 0 fully saturated rings. The summed E-state index contributed by atoms with van der Waals surface area (Å²) in [6, 6.07) is 5.59. The Bertz CT molecular complexity index is 572. The van der Waals surface area contributed by atoms with Crippen molar-refractivity contribution >= 4 is 5.82 Å². The summed E-state index contributed by atoms with van der Waals surface area (Å²) in [5, 5.41) is 13.2. The number of nitrogens with one attached hydrogen (secondary N) is 1. The summed E-state index contributed by atoms with van der Waals surface area (Å²) in [6.45, 7) is 2.21. The molecular weight excluding hydrogens is 230 g/mol. The molecule has 3 rings (SSSR count). The lowest BCUT2D eigenvalue weighted by Crippen LogP contribution is -2.10. The number of aryl methyl sites for hydroxylation is 1. The van der Waals surface area contributed by atoms with Crippen molar-refractivity contribution in [3.05, 3.63) is 47.4 Å². The van der Waals surface area contributed by atoms with E-state index >= 15 is 0 Å². The van der Waals surface area contributed by atoms with Crippen molar-refractivity contribution < 1.29 is 9.84 Å². The zero-order chi connectivity index (χ0) is 12.5. The van der Waals surface area contributed by atoms with Crippen molar-refractivity contribution in [3.63, 3.8) is 0 Å². The Kier molecular flexibility index (Phi) is 2.60. The van der Waals surface area contributed by atoms with Crippen LogP contribution in [0.25, 0.3) is 0 Å². The van der Waals surface area contributed by atoms with Crippen LogP contribution in [0, 0.1) is 6.92 Å². The molecule has 2 aromatic rings. The van der Waals surface area contributed by atoms with Crippen LogP contribution >= 0.6 is 0 Å². The van der Waals surface area contributed by atoms with Crippen molar-refractivity contribution in [1.82, 2.24) is 9.97 Å². The van der Waals surface area contributed by atoms with Crippen LogP contribution in [0.3, 0.4) is 0 Å². The molecule has 0 bridgehead atoms. The smallest absolute Gasteiger partial charge is 0.159 e. The number of hydrogen-bond acceptors (Lipinski definition) is 5. The van der Waals surface area contributed by atoms with Crippen LogP contribution in [0.15, 0.2) is 30.6 Å². The predicted molar refractivity (Wildman–Crippen MR) is 66.0 cm³/mol. The third kappa shape index (κ3) is 1.78. The van der Waals surface area contributed by atoms with Crippen LogP contribution in [0.2, 0.25) is 0 Å². The number of pyridine rings is 2. The first-order valence-electron chi connectivity index (χ1n) is 5.72. The molecule has 0 saturated heterocycles. The van der Waals surface area contributed by atoms with E-state index in [1.807, 2.05) is 18.2 Å². The van der Waals surface area contributed by atoms with Crippen molar-refractivity contribution in [2.24, 2.45) is 0 Å². The van der Waals surface area contributed by atoms with Gasteiger partial charge in [0.25, 0.3) is 0 Å². The quantitative estimate of drug-likeness (QED) is 0.845. The van der Waals surface area contributed by atoms with Crippen LogP contribution < -0.4 is 5.32 Å². The minimum absolute atomic E-state index is 0.193. The Labute approximate surface area is 104 Å². The lowest BCUT2D eigenvalue weighted by atomic mass is 10.1. The molecule has 1 unspecified atom stereocenters. The Morgan fingerprint density at radius 3 is 3.06 bits per heavy atom. The number of anilines is 1. The summed E-state index contributed by atoms with van der Waals surface area (Å²) in [5.74, 6) is 0.905. The monoisotopic (exact) mass is 243 g/mol. The third-order valence-corrected chi connectivity index (χ3v) is 2.97. The number of fused-ring (bicyclic) bond motifs is 1. The molecule has 92 valence electrons. The van der Waals surface area contributed by atoms with E-state index in [4.69, 9.17) is 4.74 Å². The average Bonchev–Trinajstić information content (AvgIpc) is 2.79. The molecule has 0 spiro atoms. The molecule has 5 nitrogen and oxygen atoms in total. The number of nitrogens with zero attached hydrogens (tertiary/aromatic N) is 2. The van der Waals surface area contributed by atoms with Gasteiger partial charge in [-0.2, -0.15) is 0 Å². The Hall–Kier alpha value is -2.14. The maximum Gasteiger partial charge on any atom is 0.159 e. The van der Waals surface area contributed by atoms with Gasteiger partial charge in [0.15, 0.2) is 6.23 Å². The summed E-state index contributed by atoms with van der Waals surface area (Å²) >= 11 is 0. The summed E-state index contributed by atoms with van der Waals surface area (Å²) in [7, 11) is 0. The van der Waals surface area contributed by atoms with E-state index < -0.39 is 0 Å². The molecule has 5 heteroatoms. The second kappa shape index (κ2) is 4.27. The maximum absolute atomic E-state index is 10.1. The first-order chi connectivity index (χ1) is 8.75. The van der Waals surface area contributed by atoms with E-state index in [0.29, 0.717) is 18.1 Å². The maximum atomic E-state index is 10.1. The van der Waals surface area contributed by atoms with Gasteiger partial charge in [-0.05, 0) is 19.1 Å². The minimum atomic E-state index is -0.378. The van der Waals surface area contributed by atoms with Gasteiger partial charge >= 0.3 is 0 Å². The zero-order valence-electron chi connectivity index (χ0n) is 9.92. The van der Waals surface area contributed by atoms with Gasteiger partial charge in [0.05, 0.1) is 17.9 Å². The number of hydrogen-bond donors (Lipinski definition) is 2. The van der Waals surface area contributed by atoms with E-state index in [1.165, 1.54) is 0 Å². The van der Waals surface area contributed by atoms with Crippen molar-refractivity contribution in [2.45, 2.75) is 19.8 Å². The Balaban J connectivity index is 1.93. The van der Waals surface area contributed by atoms with Gasteiger partial charge in [-0.3, -0.25) is 4.98 Å². The molecule has 18 heavy (non-hydrogen) atoms. The summed E-state index contributed by atoms with van der Waals surface area (Å²) in [6.07, 6.45) is 3.07. The largest absolute Gasteiger partial charge is 0.506 e. The van der Waals surface area contributed by atoms with E-state index in [9.17, 15) is 5.11 Å². The second-order valence-electron chi connectivity index (χ2n) is 4.18. The van der Waals surface area contributed by atoms with Crippen LogP contribution in [0.1, 0.15) is 23.0 Å². The molecule has 1 atom stereocenters. The first kappa shape index (κ1) is 11.0. The zero-order valence-corrected chi connectivity index (χ0v) is 9.92. The standard InChI is InChI=1S/C13H13N3O2/c1-8-12(17)11-9(6-15-8)7-18-13(11)16-10-4-2-3-5-14-10/h2-6,13,17H,7H2,1H3,(H,14,16). The van der Waals surface area contributed by atoms with Crippen LogP contribution in [-0.4, -0.2) is 15.1 Å². The number of rotatable bonds is 2. The highest BCUT2D eigenvalue weighted by Gasteiger charge is 2.28. The first-order valence-corrected chi connectivity index (χ1v) is 5.72. The lowest BCUT2D eigenvalue weighted by molar-refractivity contribution is 0.0845. The molecule has 2 N–H and O–H groups in total. The fourth-order valence-electron chi connectivity index (χ4n) is 2.01. The van der Waals surface area contributed by atoms with Crippen molar-refractivity contribution in [1.29, 1.82) is 0 Å². The molecular formula is C13H13N3O2. The lowest BCUT2D eigenvalue weighted by Gasteiger charge is -2.15. The highest BCUT2D eigenvalue weighted by atomic mass is 16.5. The van der Waals surface area contributed by atoms with Crippen molar-refractivity contribution in [2.75, 3.05) is 5.32 Å². The minimum Gasteiger partial charge on any atom is -0.506 e. The number of aromatic nitrogens is 2. The topological polar surface area (TPSA) is 67.3 Å². The van der Waals surface area contributed by atoms with Gasteiger partial charge in [0.2, 0.25) is 0 Å². The van der Waals surface area contributed by atoms with E-state index in [2.05, 4.69) is 15.3 Å². The molecule has 0 radical (unpaired) electrons. The van der Waals surface area contributed by atoms with E-state index in [1.54, 1.807) is 19.3 Å². The van der Waals surface area contributed by atoms with E-state index in [-0.39, 0.29) is 12.0 Å². The average molecular weight is 243 g/mol. The van der Waals surface area contributed by atoms with Crippen LogP contribution in [-0.2, 0) is 11.3 Å². The Morgan fingerprint density at radius 2 is 2.28 bits per heavy atom. The molecule has 0 aromatic carbocycles. The number of aromatic hydroxyl groups is 1. The Morgan fingerprint density at radius 1 is 1.39 bits per heavy atom. The summed E-state index contributed by atoms with van der Waals surface area (Å²) in [5.41, 5.74) is 2.27. The molecule has 0 aliphatic carbocycles. The second-order valence-corrected chi connectivity index (χ2v) is 4.18. The molecule has 0 saturated carbocycles. The molecule has 0 amide bonds. The fraction of sp³-hybridized carbons (Fsp3) is 0.231. The molecule has 3 heterocycles. The highest BCUT2D eigenvalue weighted by Crippen LogP contribution is 2.37. The van der Waals surface area contributed by atoms with Gasteiger partial charge in [0.1, 0.15) is 11.6 Å². The van der Waals surface area contributed by atoms with Gasteiger partial charge in [-0.15, -0.1) is 0 Å². The van der Waals surface area contributed by atoms with Gasteiger partial charge in [-0.25, -0.2) is 4.98 Å². The van der Waals surface area contributed by atoms with Crippen LogP contribution in [0.5, 0.6) is 5.75 Å². The van der Waals surface area contributed by atoms with Crippen LogP contribution in [0.4, 0.5) is 5.82 Å².